The molecule has 1 rings (SSSR count). The molecule has 0 aliphatic heterocycles. The summed E-state index contributed by atoms with van der Waals surface area (Å²) in [6, 6.07) is 7.86. The maximum absolute atomic E-state index is 12.2. The average molecular weight is 349 g/mol. The Balaban J connectivity index is 2.45. The van der Waals surface area contributed by atoms with Crippen LogP contribution in [-0.4, -0.2) is 63.5 Å². The number of hydrogen-bond acceptors (Lipinski definition) is 5. The molecule has 0 spiro atoms. The monoisotopic (exact) mass is 349 g/mol. The third-order valence-electron chi connectivity index (χ3n) is 3.75. The lowest BCUT2D eigenvalue weighted by atomic mass is 10.1. The number of likely N-dealkylation sites (N-methyl/N-ethyl adjacent to an activating group) is 2. The number of benzene rings is 1. The molecular weight excluding hydrogens is 318 g/mol. The maximum Gasteiger partial charge on any atom is 0.234 e. The molecule has 0 saturated carbocycles. The Kier molecular flexibility index (Phi) is 10.5. The van der Waals surface area contributed by atoms with E-state index in [1.54, 1.807) is 0 Å². The number of carbonyl (C=O) groups is 2. The largest absolute Gasteiger partial charge is 0.352 e. The van der Waals surface area contributed by atoms with Gasteiger partial charge in [0.1, 0.15) is 0 Å². The van der Waals surface area contributed by atoms with Crippen LogP contribution in [0.1, 0.15) is 18.1 Å². The zero-order valence-corrected chi connectivity index (χ0v) is 15.5. The summed E-state index contributed by atoms with van der Waals surface area (Å²) >= 11 is 0. The van der Waals surface area contributed by atoms with E-state index in [4.69, 9.17) is 0 Å². The SMILES string of the molecule is CNCCN(CCNC)CC(=O)NCc1cccc(CNC(C)=O)c1. The van der Waals surface area contributed by atoms with Crippen LogP contribution in [0.2, 0.25) is 0 Å². The highest BCUT2D eigenvalue weighted by atomic mass is 16.2. The molecule has 0 saturated heterocycles. The zero-order valence-electron chi connectivity index (χ0n) is 15.5. The molecule has 25 heavy (non-hydrogen) atoms. The first-order chi connectivity index (χ1) is 12.0. The lowest BCUT2D eigenvalue weighted by molar-refractivity contribution is -0.122. The van der Waals surface area contributed by atoms with Gasteiger partial charge in [0.15, 0.2) is 0 Å². The zero-order chi connectivity index (χ0) is 18.5. The standard InChI is InChI=1S/C18H31N5O2/c1-15(24)21-12-16-5-4-6-17(11-16)13-22-18(25)14-23(9-7-19-2)10-8-20-3/h4-6,11,19-20H,7-10,12-14H2,1-3H3,(H,21,24)(H,22,25). The summed E-state index contributed by atoms with van der Waals surface area (Å²) in [6.45, 7) is 6.23. The molecule has 140 valence electrons. The van der Waals surface area contributed by atoms with Crippen LogP contribution in [0.25, 0.3) is 0 Å². The van der Waals surface area contributed by atoms with Gasteiger partial charge >= 0.3 is 0 Å². The third-order valence-corrected chi connectivity index (χ3v) is 3.75. The predicted molar refractivity (Wildman–Crippen MR) is 100 cm³/mol. The molecule has 0 heterocycles. The Bertz CT molecular complexity index is 528. The maximum atomic E-state index is 12.2. The van der Waals surface area contributed by atoms with Gasteiger partial charge < -0.3 is 21.3 Å². The summed E-state index contributed by atoms with van der Waals surface area (Å²) in [5, 5.41) is 12.0. The highest BCUT2D eigenvalue weighted by Gasteiger charge is 2.10. The molecule has 1 aromatic carbocycles. The van der Waals surface area contributed by atoms with Gasteiger partial charge in [-0.3, -0.25) is 14.5 Å². The highest BCUT2D eigenvalue weighted by Crippen LogP contribution is 2.05. The molecule has 7 heteroatoms. The minimum atomic E-state index is -0.0538. The predicted octanol–water partition coefficient (Wildman–Crippen LogP) is -0.320. The number of carbonyl (C=O) groups excluding carboxylic acids is 2. The van der Waals surface area contributed by atoms with E-state index >= 15 is 0 Å². The Labute approximate surface area is 150 Å². The average Bonchev–Trinajstić information content (AvgIpc) is 2.60. The first-order valence-corrected chi connectivity index (χ1v) is 8.65. The number of rotatable bonds is 12. The topological polar surface area (TPSA) is 85.5 Å². The van der Waals surface area contributed by atoms with Crippen molar-refractivity contribution in [3.05, 3.63) is 35.4 Å². The molecule has 0 aromatic heterocycles. The smallest absolute Gasteiger partial charge is 0.234 e. The molecule has 0 radical (unpaired) electrons. The van der Waals surface area contributed by atoms with Gasteiger partial charge in [-0.05, 0) is 25.2 Å². The summed E-state index contributed by atoms with van der Waals surface area (Å²) in [4.78, 5) is 25.3. The molecule has 0 atom stereocenters. The van der Waals surface area contributed by atoms with E-state index in [1.807, 2.05) is 38.4 Å². The van der Waals surface area contributed by atoms with E-state index in [9.17, 15) is 9.59 Å². The van der Waals surface area contributed by atoms with Crippen molar-refractivity contribution < 1.29 is 9.59 Å². The minimum Gasteiger partial charge on any atom is -0.352 e. The first-order valence-electron chi connectivity index (χ1n) is 8.65. The van der Waals surface area contributed by atoms with Crippen molar-refractivity contribution in [3.63, 3.8) is 0 Å². The van der Waals surface area contributed by atoms with E-state index in [1.165, 1.54) is 6.92 Å². The lowest BCUT2D eigenvalue weighted by Crippen LogP contribution is -2.42. The van der Waals surface area contributed by atoms with Crippen molar-refractivity contribution in [1.29, 1.82) is 0 Å². The summed E-state index contributed by atoms with van der Waals surface area (Å²) in [7, 11) is 3.81. The molecule has 0 aliphatic carbocycles. The second-order valence-corrected chi connectivity index (χ2v) is 5.99. The summed E-state index contributed by atoms with van der Waals surface area (Å²) in [5.41, 5.74) is 2.04. The summed E-state index contributed by atoms with van der Waals surface area (Å²) < 4.78 is 0. The molecule has 4 N–H and O–H groups in total. The third kappa shape index (κ3) is 9.81. The summed E-state index contributed by atoms with van der Waals surface area (Å²) in [6.07, 6.45) is 0. The molecule has 7 nitrogen and oxygen atoms in total. The van der Waals surface area contributed by atoms with Crippen LogP contribution in [0, 0.1) is 0 Å². The molecule has 0 fully saturated rings. The van der Waals surface area contributed by atoms with Crippen molar-refractivity contribution in [3.8, 4) is 0 Å². The quantitative estimate of drug-likeness (QED) is 0.416. The number of nitrogens with one attached hydrogen (secondary N) is 4. The van der Waals surface area contributed by atoms with Gasteiger partial charge in [-0.15, -0.1) is 0 Å². The van der Waals surface area contributed by atoms with E-state index in [-0.39, 0.29) is 11.8 Å². The van der Waals surface area contributed by atoms with Crippen LogP contribution in [0.3, 0.4) is 0 Å². The fourth-order valence-electron chi connectivity index (χ4n) is 2.35. The van der Waals surface area contributed by atoms with Crippen LogP contribution in [-0.2, 0) is 22.7 Å². The Morgan fingerprint density at radius 3 is 2.04 bits per heavy atom. The molecule has 1 aromatic rings. The Morgan fingerprint density at radius 2 is 1.52 bits per heavy atom. The van der Waals surface area contributed by atoms with E-state index in [0.29, 0.717) is 19.6 Å². The van der Waals surface area contributed by atoms with Gasteiger partial charge in [0.2, 0.25) is 11.8 Å². The van der Waals surface area contributed by atoms with Crippen molar-refractivity contribution >= 4 is 11.8 Å². The Hall–Kier alpha value is -1.96. The first kappa shape index (κ1) is 21.1. The van der Waals surface area contributed by atoms with Crippen LogP contribution in [0.4, 0.5) is 0 Å². The lowest BCUT2D eigenvalue weighted by Gasteiger charge is -2.21. The fourth-order valence-corrected chi connectivity index (χ4v) is 2.35. The molecular formula is C18H31N5O2. The second kappa shape index (κ2) is 12.4. The Morgan fingerprint density at radius 1 is 0.960 bits per heavy atom. The molecule has 2 amide bonds. The van der Waals surface area contributed by atoms with Crippen molar-refractivity contribution in [2.45, 2.75) is 20.0 Å². The van der Waals surface area contributed by atoms with E-state index < -0.39 is 0 Å². The molecule has 0 unspecified atom stereocenters. The minimum absolute atomic E-state index is 0.0134. The van der Waals surface area contributed by atoms with Crippen LogP contribution in [0.15, 0.2) is 24.3 Å². The van der Waals surface area contributed by atoms with Crippen molar-refractivity contribution in [2.75, 3.05) is 46.8 Å². The molecule has 0 bridgehead atoms. The van der Waals surface area contributed by atoms with Crippen LogP contribution >= 0.6 is 0 Å². The van der Waals surface area contributed by atoms with E-state index in [2.05, 4.69) is 26.2 Å². The van der Waals surface area contributed by atoms with Crippen molar-refractivity contribution in [1.82, 2.24) is 26.2 Å². The van der Waals surface area contributed by atoms with Gasteiger partial charge in [0.05, 0.1) is 6.54 Å². The fraction of sp³-hybridized carbons (Fsp3) is 0.556. The summed E-state index contributed by atoms with van der Waals surface area (Å²) in [5.74, 6) is -0.0404. The van der Waals surface area contributed by atoms with Gasteiger partial charge in [-0.25, -0.2) is 0 Å². The second-order valence-electron chi connectivity index (χ2n) is 5.99. The van der Waals surface area contributed by atoms with E-state index in [0.717, 1.165) is 37.3 Å². The highest BCUT2D eigenvalue weighted by molar-refractivity contribution is 5.78. The number of hydrogen-bond donors (Lipinski definition) is 4. The molecule has 0 aliphatic rings. The van der Waals surface area contributed by atoms with Crippen LogP contribution in [0.5, 0.6) is 0 Å². The normalized spacial score (nSPS) is 10.7. The van der Waals surface area contributed by atoms with Crippen LogP contribution < -0.4 is 21.3 Å². The van der Waals surface area contributed by atoms with Gasteiger partial charge in [0, 0.05) is 46.2 Å². The van der Waals surface area contributed by atoms with Gasteiger partial charge in [0.25, 0.3) is 0 Å². The van der Waals surface area contributed by atoms with Crippen molar-refractivity contribution in [2.24, 2.45) is 0 Å². The van der Waals surface area contributed by atoms with Gasteiger partial charge in [-0.1, -0.05) is 24.3 Å². The number of amides is 2. The van der Waals surface area contributed by atoms with Gasteiger partial charge in [-0.2, -0.15) is 0 Å². The number of nitrogens with zero attached hydrogens (tertiary/aromatic N) is 1.